The number of thiol groups is 1. The molecule has 1 amide bonds. The third-order valence-corrected chi connectivity index (χ3v) is 6.60. The van der Waals surface area contributed by atoms with Crippen molar-refractivity contribution < 1.29 is 14.4 Å². The smallest absolute Gasteiger partial charge is 0.291 e. The lowest BCUT2D eigenvalue weighted by molar-refractivity contribution is -0.153. The molecule has 0 spiro atoms. The van der Waals surface area contributed by atoms with Crippen LogP contribution in [-0.2, 0) is 20.8 Å². The number of amides is 1. The summed E-state index contributed by atoms with van der Waals surface area (Å²) in [5.41, 5.74) is -0.719. The van der Waals surface area contributed by atoms with Crippen molar-refractivity contribution in [1.29, 1.82) is 0 Å². The van der Waals surface area contributed by atoms with Gasteiger partial charge in [-0.05, 0) is 50.2 Å². The number of benzene rings is 1. The summed E-state index contributed by atoms with van der Waals surface area (Å²) in [6.07, 6.45) is 3.68. The average molecular weight is 410 g/mol. The number of carbonyl (C=O) groups excluding carboxylic acids is 3. The molecule has 1 aromatic rings. The van der Waals surface area contributed by atoms with Crippen LogP contribution in [0.5, 0.6) is 0 Å². The quantitative estimate of drug-likeness (QED) is 0.508. The van der Waals surface area contributed by atoms with E-state index in [9.17, 15) is 14.4 Å². The van der Waals surface area contributed by atoms with E-state index in [4.69, 9.17) is 11.6 Å². The van der Waals surface area contributed by atoms with E-state index in [0.717, 1.165) is 5.56 Å². The Morgan fingerprint density at radius 3 is 2.52 bits per heavy atom. The van der Waals surface area contributed by atoms with Crippen molar-refractivity contribution in [3.05, 3.63) is 34.9 Å². The summed E-state index contributed by atoms with van der Waals surface area (Å²) < 4.78 is 0. The van der Waals surface area contributed by atoms with Crippen molar-refractivity contribution in [3.63, 3.8) is 0 Å². The summed E-state index contributed by atoms with van der Waals surface area (Å²) in [5.74, 6) is -0.989. The van der Waals surface area contributed by atoms with Crippen LogP contribution < -0.4 is 0 Å². The second-order valence-electron chi connectivity index (χ2n) is 7.91. The molecule has 1 atom stereocenters. The van der Waals surface area contributed by atoms with E-state index in [1.165, 1.54) is 4.90 Å². The number of hydrogen-bond donors (Lipinski definition) is 1. The van der Waals surface area contributed by atoms with E-state index in [1.807, 2.05) is 31.2 Å². The Morgan fingerprint density at radius 1 is 1.26 bits per heavy atom. The van der Waals surface area contributed by atoms with Gasteiger partial charge in [0.15, 0.2) is 0 Å². The Bertz CT molecular complexity index is 734. The number of ketones is 1. The van der Waals surface area contributed by atoms with E-state index in [0.29, 0.717) is 50.1 Å². The topological polar surface area (TPSA) is 54.5 Å². The van der Waals surface area contributed by atoms with E-state index >= 15 is 0 Å². The van der Waals surface area contributed by atoms with Gasteiger partial charge in [-0.1, -0.05) is 50.6 Å². The Balaban J connectivity index is 2.18. The molecule has 2 rings (SSSR count). The first kappa shape index (κ1) is 22.0. The predicted octanol–water partition coefficient (Wildman–Crippen LogP) is 4.49. The van der Waals surface area contributed by atoms with Crippen molar-refractivity contribution in [2.75, 3.05) is 6.54 Å². The minimum atomic E-state index is -0.999. The normalized spacial score (nSPS) is 20.0. The van der Waals surface area contributed by atoms with Gasteiger partial charge >= 0.3 is 0 Å². The molecule has 148 valence electrons. The third kappa shape index (κ3) is 4.57. The number of Topliss-reactive ketones (excluding diaryl/α,β-unsaturated/α-hetero) is 1. The number of rotatable bonds is 8. The summed E-state index contributed by atoms with van der Waals surface area (Å²) in [6.45, 7) is 5.84. The van der Waals surface area contributed by atoms with Gasteiger partial charge in [0.1, 0.15) is 5.54 Å². The van der Waals surface area contributed by atoms with Gasteiger partial charge in [-0.25, -0.2) is 0 Å². The highest BCUT2D eigenvalue weighted by molar-refractivity contribution is 7.96. The first-order chi connectivity index (χ1) is 12.7. The molecule has 0 radical (unpaired) electrons. The highest BCUT2D eigenvalue weighted by Gasteiger charge is 2.50. The van der Waals surface area contributed by atoms with E-state index in [-0.39, 0.29) is 5.12 Å². The maximum Gasteiger partial charge on any atom is 0.291 e. The van der Waals surface area contributed by atoms with E-state index in [2.05, 4.69) is 12.6 Å². The van der Waals surface area contributed by atoms with E-state index < -0.39 is 22.6 Å². The fourth-order valence-electron chi connectivity index (χ4n) is 3.61. The summed E-state index contributed by atoms with van der Waals surface area (Å²) in [7, 11) is 0. The molecule has 1 heterocycles. The number of carbonyl (C=O) groups is 3. The van der Waals surface area contributed by atoms with Gasteiger partial charge in [-0.3, -0.25) is 14.4 Å². The molecule has 0 bridgehead atoms. The molecule has 1 aromatic carbocycles. The molecule has 0 saturated carbocycles. The SMILES string of the molecule is CCC(C)(C)C(=O)C(=O)N1CCCC1(CCCc1ccccc1Cl)C(=O)S. The molecule has 4 nitrogen and oxygen atoms in total. The molecule has 6 heteroatoms. The van der Waals surface area contributed by atoms with Crippen LogP contribution in [0.15, 0.2) is 24.3 Å². The van der Waals surface area contributed by atoms with Gasteiger partial charge in [0.05, 0.1) is 0 Å². The van der Waals surface area contributed by atoms with E-state index in [1.54, 1.807) is 13.8 Å². The number of halogens is 1. The average Bonchev–Trinajstić information content (AvgIpc) is 3.07. The molecule has 0 aromatic heterocycles. The minimum absolute atomic E-state index is 0.338. The Kier molecular flexibility index (Phi) is 7.14. The Hall–Kier alpha value is -1.33. The largest absolute Gasteiger partial charge is 0.322 e. The Labute approximate surface area is 172 Å². The van der Waals surface area contributed by atoms with Gasteiger partial charge in [0, 0.05) is 17.0 Å². The molecule has 1 saturated heterocycles. The summed E-state index contributed by atoms with van der Waals surface area (Å²) in [5, 5.41) is 0.359. The maximum absolute atomic E-state index is 12.9. The number of likely N-dealkylation sites (tertiary alicyclic amines) is 1. The van der Waals surface area contributed by atoms with Crippen LogP contribution in [0.1, 0.15) is 58.4 Å². The van der Waals surface area contributed by atoms with Gasteiger partial charge in [0.25, 0.3) is 5.91 Å². The first-order valence-corrected chi connectivity index (χ1v) is 10.3. The molecule has 0 N–H and O–H groups in total. The number of aryl methyl sites for hydroxylation is 1. The van der Waals surface area contributed by atoms with Gasteiger partial charge in [-0.2, -0.15) is 0 Å². The zero-order chi connectivity index (χ0) is 20.2. The monoisotopic (exact) mass is 409 g/mol. The number of hydrogen-bond acceptors (Lipinski definition) is 3. The summed E-state index contributed by atoms with van der Waals surface area (Å²) in [4.78, 5) is 39.6. The van der Waals surface area contributed by atoms with Crippen LogP contribution in [0.3, 0.4) is 0 Å². The fraction of sp³-hybridized carbons (Fsp3) is 0.571. The van der Waals surface area contributed by atoms with Crippen LogP contribution in [0.2, 0.25) is 5.02 Å². The molecule has 27 heavy (non-hydrogen) atoms. The lowest BCUT2D eigenvalue weighted by Crippen LogP contribution is -2.55. The second kappa shape index (κ2) is 8.78. The van der Waals surface area contributed by atoms with Crippen molar-refractivity contribution in [1.82, 2.24) is 4.90 Å². The van der Waals surface area contributed by atoms with Crippen LogP contribution in [0.4, 0.5) is 0 Å². The zero-order valence-electron chi connectivity index (χ0n) is 16.3. The lowest BCUT2D eigenvalue weighted by atomic mass is 9.83. The highest BCUT2D eigenvalue weighted by Crippen LogP contribution is 2.38. The first-order valence-electron chi connectivity index (χ1n) is 9.49. The van der Waals surface area contributed by atoms with Crippen LogP contribution >= 0.6 is 24.2 Å². The third-order valence-electron chi connectivity index (χ3n) is 5.82. The van der Waals surface area contributed by atoms with Crippen LogP contribution in [-0.4, -0.2) is 33.8 Å². The molecular weight excluding hydrogens is 382 g/mol. The van der Waals surface area contributed by atoms with Gasteiger partial charge in [0.2, 0.25) is 10.9 Å². The molecular formula is C21H28ClNO3S. The minimum Gasteiger partial charge on any atom is -0.322 e. The van der Waals surface area contributed by atoms with Crippen LogP contribution in [0, 0.1) is 5.41 Å². The second-order valence-corrected chi connectivity index (χ2v) is 8.72. The summed E-state index contributed by atoms with van der Waals surface area (Å²) in [6, 6.07) is 7.61. The maximum atomic E-state index is 12.9. The fourth-order valence-corrected chi connectivity index (χ4v) is 4.18. The highest BCUT2D eigenvalue weighted by atomic mass is 35.5. The Morgan fingerprint density at radius 2 is 1.93 bits per heavy atom. The molecule has 1 aliphatic heterocycles. The lowest BCUT2D eigenvalue weighted by Gasteiger charge is -2.37. The van der Waals surface area contributed by atoms with Crippen molar-refractivity contribution in [3.8, 4) is 0 Å². The van der Waals surface area contributed by atoms with Crippen LogP contribution in [0.25, 0.3) is 0 Å². The van der Waals surface area contributed by atoms with Gasteiger partial charge < -0.3 is 4.90 Å². The van der Waals surface area contributed by atoms with Crippen molar-refractivity contribution in [2.45, 2.75) is 64.8 Å². The molecule has 1 fully saturated rings. The van der Waals surface area contributed by atoms with Gasteiger partial charge in [-0.15, -0.1) is 12.6 Å². The molecule has 1 unspecified atom stereocenters. The van der Waals surface area contributed by atoms with Crippen molar-refractivity contribution in [2.24, 2.45) is 5.41 Å². The molecule has 0 aliphatic carbocycles. The zero-order valence-corrected chi connectivity index (χ0v) is 17.9. The standard InChI is InChI=1S/C21H28ClNO3S/c1-4-20(2,3)17(24)18(25)23-14-8-13-21(23,19(26)27)12-7-10-15-9-5-6-11-16(15)22/h5-6,9,11H,4,7-8,10,12-14H2,1-3H3,(H,26,27). The number of nitrogens with zero attached hydrogens (tertiary/aromatic N) is 1. The predicted molar refractivity (Wildman–Crippen MR) is 111 cm³/mol. The molecule has 1 aliphatic rings. The van der Waals surface area contributed by atoms with Crippen molar-refractivity contribution >= 4 is 41.0 Å². The summed E-state index contributed by atoms with van der Waals surface area (Å²) >= 11 is 10.3.